The molecule has 1 unspecified atom stereocenters. The number of nitrogens with one attached hydrogen (secondary N) is 1. The first kappa shape index (κ1) is 27.8. The minimum atomic E-state index is -3.14. The summed E-state index contributed by atoms with van der Waals surface area (Å²) in [5.74, 6) is -2.77. The zero-order valence-electron chi connectivity index (χ0n) is 20.8. The van der Waals surface area contributed by atoms with Crippen molar-refractivity contribution in [1.29, 1.82) is 0 Å². The number of alkyl halides is 2. The van der Waals surface area contributed by atoms with Gasteiger partial charge in [-0.15, -0.1) is 0 Å². The Bertz CT molecular complexity index is 808. The van der Waals surface area contributed by atoms with Crippen molar-refractivity contribution in [3.63, 3.8) is 0 Å². The van der Waals surface area contributed by atoms with Crippen LogP contribution < -0.4 is 10.2 Å². The van der Waals surface area contributed by atoms with Crippen LogP contribution in [0.1, 0.15) is 83.6 Å². The van der Waals surface area contributed by atoms with E-state index >= 15 is 0 Å². The van der Waals surface area contributed by atoms with E-state index in [9.17, 15) is 18.4 Å². The van der Waals surface area contributed by atoms with E-state index in [2.05, 4.69) is 41.1 Å². The van der Waals surface area contributed by atoms with Gasteiger partial charge in [0.05, 0.1) is 5.92 Å². The number of imide groups is 1. The quantitative estimate of drug-likeness (QED) is 0.382. The Kier molecular flexibility index (Phi) is 10.5. The van der Waals surface area contributed by atoms with Crippen LogP contribution >= 0.6 is 0 Å². The molecular formula is C27H40F2N2O3. The van der Waals surface area contributed by atoms with Gasteiger partial charge in [0.15, 0.2) is 5.76 Å². The third-order valence-corrected chi connectivity index (χ3v) is 6.91. The average Bonchev–Trinajstić information content (AvgIpc) is 2.78. The molecule has 0 radical (unpaired) electrons. The maximum Gasteiger partial charge on any atom is 0.300 e. The van der Waals surface area contributed by atoms with Gasteiger partial charge < -0.3 is 10.0 Å². The lowest BCUT2D eigenvalue weighted by molar-refractivity contribution is -0.134. The molecule has 3 fully saturated rings. The highest BCUT2D eigenvalue weighted by Gasteiger charge is 2.29. The van der Waals surface area contributed by atoms with E-state index in [0.717, 1.165) is 30.5 Å². The number of allylic oxidation sites excluding steroid dienone is 1. The second kappa shape index (κ2) is 12.9. The van der Waals surface area contributed by atoms with Crippen molar-refractivity contribution in [3.8, 4) is 0 Å². The highest BCUT2D eigenvalue weighted by atomic mass is 19.3. The Hall–Kier alpha value is -2.44. The van der Waals surface area contributed by atoms with Gasteiger partial charge in [0.2, 0.25) is 11.8 Å². The number of benzene rings is 1. The van der Waals surface area contributed by atoms with E-state index in [-0.39, 0.29) is 17.7 Å². The molecule has 2 N–H and O–H groups in total. The number of nitrogens with zero attached hydrogens (tertiary/aromatic N) is 1. The molecule has 7 heteroatoms. The number of anilines is 1. The molecule has 1 aromatic rings. The second-order valence-electron chi connectivity index (χ2n) is 9.39. The normalized spacial score (nSPS) is 21.3. The van der Waals surface area contributed by atoms with E-state index in [1.807, 2.05) is 13.8 Å². The summed E-state index contributed by atoms with van der Waals surface area (Å²) in [6, 6.07) is 8.42. The van der Waals surface area contributed by atoms with E-state index in [1.54, 1.807) is 0 Å². The predicted octanol–water partition coefficient (Wildman–Crippen LogP) is 6.35. The second-order valence-corrected chi connectivity index (χ2v) is 9.39. The smallest absolute Gasteiger partial charge is 0.300 e. The SMILES string of the molecule is C=C(O)C(C)(F)F.CC.O=C1CCC(c2ccc(N3CCC(CC4CCC4)CC3)cc2)C(=O)N1. The number of carbonyl (C=O) groups is 2. The van der Waals surface area contributed by atoms with Gasteiger partial charge in [0.1, 0.15) is 0 Å². The van der Waals surface area contributed by atoms with Gasteiger partial charge in [0, 0.05) is 32.1 Å². The third-order valence-electron chi connectivity index (χ3n) is 6.91. The molecule has 34 heavy (non-hydrogen) atoms. The van der Waals surface area contributed by atoms with Gasteiger partial charge in [-0.2, -0.15) is 8.78 Å². The summed E-state index contributed by atoms with van der Waals surface area (Å²) in [4.78, 5) is 25.8. The van der Waals surface area contributed by atoms with Crippen LogP contribution in [-0.2, 0) is 9.59 Å². The number of aliphatic hydroxyl groups is 1. The fraction of sp³-hybridized carbons (Fsp3) is 0.630. The predicted molar refractivity (Wildman–Crippen MR) is 132 cm³/mol. The number of carbonyl (C=O) groups excluding carboxylic acids is 2. The molecule has 4 rings (SSSR count). The molecule has 1 aromatic carbocycles. The van der Waals surface area contributed by atoms with Crippen molar-refractivity contribution in [1.82, 2.24) is 5.32 Å². The molecule has 5 nitrogen and oxygen atoms in total. The topological polar surface area (TPSA) is 69.6 Å². The van der Waals surface area contributed by atoms with E-state index in [4.69, 9.17) is 5.11 Å². The lowest BCUT2D eigenvalue weighted by Gasteiger charge is -2.37. The lowest BCUT2D eigenvalue weighted by Crippen LogP contribution is -2.39. The van der Waals surface area contributed by atoms with E-state index < -0.39 is 11.7 Å². The Morgan fingerprint density at radius 2 is 1.59 bits per heavy atom. The Balaban J connectivity index is 0.000000393. The van der Waals surface area contributed by atoms with Gasteiger partial charge in [-0.05, 0) is 55.2 Å². The Morgan fingerprint density at radius 3 is 2.03 bits per heavy atom. The van der Waals surface area contributed by atoms with E-state index in [1.165, 1.54) is 44.2 Å². The van der Waals surface area contributed by atoms with Crippen LogP contribution in [0.2, 0.25) is 0 Å². The first-order valence-corrected chi connectivity index (χ1v) is 12.6. The van der Waals surface area contributed by atoms with Gasteiger partial charge in [-0.3, -0.25) is 14.9 Å². The number of hydrogen-bond donors (Lipinski definition) is 2. The van der Waals surface area contributed by atoms with Crippen molar-refractivity contribution in [2.75, 3.05) is 18.0 Å². The molecule has 2 amide bonds. The van der Waals surface area contributed by atoms with Crippen LogP contribution in [0.3, 0.4) is 0 Å². The zero-order chi connectivity index (χ0) is 25.3. The molecule has 2 aliphatic heterocycles. The minimum Gasteiger partial charge on any atom is -0.507 e. The third kappa shape index (κ3) is 8.10. The molecule has 2 heterocycles. The largest absolute Gasteiger partial charge is 0.507 e. The van der Waals surface area contributed by atoms with Crippen molar-refractivity contribution in [2.24, 2.45) is 11.8 Å². The molecule has 1 aliphatic carbocycles. The summed E-state index contributed by atoms with van der Waals surface area (Å²) in [6.45, 7) is 9.51. The first-order chi connectivity index (χ1) is 16.1. The van der Waals surface area contributed by atoms with Crippen LogP contribution in [0.25, 0.3) is 0 Å². The summed E-state index contributed by atoms with van der Waals surface area (Å²) >= 11 is 0. The number of aliphatic hydroxyl groups excluding tert-OH is 1. The number of amides is 2. The van der Waals surface area contributed by atoms with Gasteiger partial charge in [0.25, 0.3) is 5.92 Å². The minimum absolute atomic E-state index is 0.150. The lowest BCUT2D eigenvalue weighted by atomic mass is 9.76. The summed E-state index contributed by atoms with van der Waals surface area (Å²) < 4.78 is 23.0. The fourth-order valence-electron chi connectivity index (χ4n) is 4.56. The molecule has 3 aliphatic rings. The zero-order valence-corrected chi connectivity index (χ0v) is 20.8. The van der Waals surface area contributed by atoms with Gasteiger partial charge in [-0.25, -0.2) is 0 Å². The van der Waals surface area contributed by atoms with Crippen LogP contribution in [-0.4, -0.2) is 35.9 Å². The summed E-state index contributed by atoms with van der Waals surface area (Å²) in [7, 11) is 0. The van der Waals surface area contributed by atoms with Crippen molar-refractivity contribution in [3.05, 3.63) is 42.2 Å². The van der Waals surface area contributed by atoms with Crippen molar-refractivity contribution < 1.29 is 23.5 Å². The van der Waals surface area contributed by atoms with E-state index in [0.29, 0.717) is 19.8 Å². The average molecular weight is 479 g/mol. The number of hydrogen-bond acceptors (Lipinski definition) is 4. The molecule has 1 saturated carbocycles. The first-order valence-electron chi connectivity index (χ1n) is 12.6. The maximum absolute atomic E-state index is 12.0. The van der Waals surface area contributed by atoms with Crippen molar-refractivity contribution >= 4 is 17.5 Å². The molecule has 0 aromatic heterocycles. The molecule has 0 spiro atoms. The van der Waals surface area contributed by atoms with Gasteiger partial charge in [-0.1, -0.05) is 51.8 Å². The van der Waals surface area contributed by atoms with Crippen LogP contribution in [0.4, 0.5) is 14.5 Å². The number of rotatable bonds is 5. The van der Waals surface area contributed by atoms with Gasteiger partial charge >= 0.3 is 0 Å². The molecule has 2 saturated heterocycles. The highest BCUT2D eigenvalue weighted by Crippen LogP contribution is 2.36. The van der Waals surface area contributed by atoms with Crippen LogP contribution in [0.15, 0.2) is 36.6 Å². The Labute approximate surface area is 202 Å². The summed E-state index contributed by atoms with van der Waals surface area (Å²) in [5, 5.41) is 10.4. The molecule has 0 bridgehead atoms. The summed E-state index contributed by atoms with van der Waals surface area (Å²) in [5.41, 5.74) is 2.28. The summed E-state index contributed by atoms with van der Waals surface area (Å²) in [6.07, 6.45) is 9.50. The number of piperidine rings is 2. The van der Waals surface area contributed by atoms with Crippen LogP contribution in [0.5, 0.6) is 0 Å². The molecule has 1 atom stereocenters. The Morgan fingerprint density at radius 1 is 1.06 bits per heavy atom. The van der Waals surface area contributed by atoms with Crippen LogP contribution in [0, 0.1) is 11.8 Å². The monoisotopic (exact) mass is 478 g/mol. The molecular weight excluding hydrogens is 438 g/mol. The molecule has 190 valence electrons. The van der Waals surface area contributed by atoms with Crippen molar-refractivity contribution in [2.45, 2.75) is 84.0 Å². The fourth-order valence-corrected chi connectivity index (χ4v) is 4.56. The maximum atomic E-state index is 12.0. The number of halogens is 2. The standard InChI is InChI=1S/C21H28N2O2.C4H6F2O.C2H6/c24-20-9-8-19(21(25)22-20)17-4-6-18(7-5-17)23-12-10-16(11-13-23)14-15-2-1-3-15;1-3(7)4(2,5)6;1-2/h4-7,15-16,19H,1-3,8-14H2,(H,22,24,25);7H,1H2,2H3;1-2H3. The highest BCUT2D eigenvalue weighted by molar-refractivity contribution is 6.00.